The second-order valence-corrected chi connectivity index (χ2v) is 5.62. The summed E-state index contributed by atoms with van der Waals surface area (Å²) in [5, 5.41) is 19.0. The molecule has 18 heavy (non-hydrogen) atoms. The van der Waals surface area contributed by atoms with E-state index in [1.54, 1.807) is 0 Å². The first kappa shape index (κ1) is 12.9. The second kappa shape index (κ2) is 5.40. The Balaban J connectivity index is 2.22. The van der Waals surface area contributed by atoms with Crippen LogP contribution in [-0.2, 0) is 0 Å². The fourth-order valence-electron chi connectivity index (χ4n) is 3.13. The fourth-order valence-corrected chi connectivity index (χ4v) is 3.13. The van der Waals surface area contributed by atoms with E-state index in [4.69, 9.17) is 0 Å². The molecule has 2 aliphatic rings. The van der Waals surface area contributed by atoms with Crippen molar-refractivity contribution in [3.8, 4) is 12.1 Å². The molecule has 0 spiro atoms. The number of nitrogens with zero attached hydrogens (tertiary/aromatic N) is 2. The zero-order valence-corrected chi connectivity index (χ0v) is 11.1. The summed E-state index contributed by atoms with van der Waals surface area (Å²) >= 11 is 0. The van der Waals surface area contributed by atoms with E-state index in [1.807, 2.05) is 0 Å². The van der Waals surface area contributed by atoms with Crippen molar-refractivity contribution in [3.63, 3.8) is 0 Å². The molecule has 2 nitrogen and oxygen atoms in total. The normalized spacial score (nSPS) is 23.8. The van der Waals surface area contributed by atoms with Crippen molar-refractivity contribution in [2.75, 3.05) is 0 Å². The number of hydrogen-bond donors (Lipinski definition) is 0. The quantitative estimate of drug-likeness (QED) is 0.692. The van der Waals surface area contributed by atoms with E-state index in [0.717, 1.165) is 31.3 Å². The predicted molar refractivity (Wildman–Crippen MR) is 71.3 cm³/mol. The highest BCUT2D eigenvalue weighted by Gasteiger charge is 2.36. The molecule has 0 fully saturated rings. The molecular formula is C16H20N2. The summed E-state index contributed by atoms with van der Waals surface area (Å²) in [7, 11) is 0. The lowest BCUT2D eigenvalue weighted by molar-refractivity contribution is 0.515. The molecular weight excluding hydrogens is 220 g/mol. The van der Waals surface area contributed by atoms with Crippen molar-refractivity contribution in [3.05, 3.63) is 23.3 Å². The molecule has 2 rings (SSSR count). The number of rotatable bonds is 3. The lowest BCUT2D eigenvalue weighted by Gasteiger charge is -2.25. The maximum atomic E-state index is 9.49. The van der Waals surface area contributed by atoms with Crippen molar-refractivity contribution in [1.82, 2.24) is 0 Å². The summed E-state index contributed by atoms with van der Waals surface area (Å²) in [6.45, 7) is 2.22. The van der Waals surface area contributed by atoms with Crippen molar-refractivity contribution in [2.24, 2.45) is 11.3 Å². The van der Waals surface area contributed by atoms with Crippen LogP contribution in [0.15, 0.2) is 23.3 Å². The summed E-state index contributed by atoms with van der Waals surface area (Å²) in [6.07, 6.45) is 11.5. The van der Waals surface area contributed by atoms with Gasteiger partial charge < -0.3 is 0 Å². The van der Waals surface area contributed by atoms with Crippen molar-refractivity contribution in [1.29, 1.82) is 10.5 Å². The molecule has 0 saturated carbocycles. The molecule has 94 valence electrons. The standard InChI is InChI=1S/C16H20N2/c1-13-5-4-6-14(9-13)10-16(11-17,12-18)15-7-2-3-8-15/h7,9,13H,2-6,8,10H2,1H3. The van der Waals surface area contributed by atoms with Crippen LogP contribution in [0.4, 0.5) is 0 Å². The van der Waals surface area contributed by atoms with Crippen LogP contribution in [0.25, 0.3) is 0 Å². The molecule has 2 heteroatoms. The molecule has 0 aromatic carbocycles. The monoisotopic (exact) mass is 240 g/mol. The average Bonchev–Trinajstić information content (AvgIpc) is 2.90. The van der Waals surface area contributed by atoms with E-state index in [-0.39, 0.29) is 0 Å². The van der Waals surface area contributed by atoms with Gasteiger partial charge >= 0.3 is 0 Å². The minimum absolute atomic E-state index is 0.599. The molecule has 0 N–H and O–H groups in total. The number of hydrogen-bond acceptors (Lipinski definition) is 2. The topological polar surface area (TPSA) is 47.6 Å². The first-order valence-electron chi connectivity index (χ1n) is 6.92. The maximum Gasteiger partial charge on any atom is 0.168 e. The average molecular weight is 240 g/mol. The van der Waals surface area contributed by atoms with Gasteiger partial charge in [0, 0.05) is 6.42 Å². The lowest BCUT2D eigenvalue weighted by atomic mass is 9.74. The van der Waals surface area contributed by atoms with E-state index in [1.165, 1.54) is 18.4 Å². The summed E-state index contributed by atoms with van der Waals surface area (Å²) in [5.41, 5.74) is 1.48. The van der Waals surface area contributed by atoms with Gasteiger partial charge in [-0.3, -0.25) is 0 Å². The highest BCUT2D eigenvalue weighted by atomic mass is 14.4. The third-order valence-corrected chi connectivity index (χ3v) is 4.14. The van der Waals surface area contributed by atoms with E-state index in [0.29, 0.717) is 12.3 Å². The summed E-state index contributed by atoms with van der Waals surface area (Å²) < 4.78 is 0. The van der Waals surface area contributed by atoms with E-state index >= 15 is 0 Å². The van der Waals surface area contributed by atoms with E-state index in [2.05, 4.69) is 31.2 Å². The van der Waals surface area contributed by atoms with Crippen molar-refractivity contribution < 1.29 is 0 Å². The Hall–Kier alpha value is -1.54. The summed E-state index contributed by atoms with van der Waals surface area (Å²) in [4.78, 5) is 0. The minimum atomic E-state index is -0.889. The zero-order valence-electron chi connectivity index (χ0n) is 11.1. The van der Waals surface area contributed by atoms with Crippen molar-refractivity contribution in [2.45, 2.75) is 51.9 Å². The van der Waals surface area contributed by atoms with Gasteiger partial charge in [-0.05, 0) is 50.0 Å². The molecule has 2 aliphatic carbocycles. The Labute approximate surface area is 110 Å². The van der Waals surface area contributed by atoms with Crippen LogP contribution < -0.4 is 0 Å². The van der Waals surface area contributed by atoms with Gasteiger partial charge in [-0.15, -0.1) is 0 Å². The molecule has 0 amide bonds. The number of allylic oxidation sites excluding steroid dienone is 4. The molecule has 0 radical (unpaired) electrons. The largest absolute Gasteiger partial charge is 0.196 e. The van der Waals surface area contributed by atoms with Crippen LogP contribution in [-0.4, -0.2) is 0 Å². The van der Waals surface area contributed by atoms with Gasteiger partial charge in [0.1, 0.15) is 0 Å². The first-order chi connectivity index (χ1) is 8.70. The Morgan fingerprint density at radius 3 is 2.61 bits per heavy atom. The highest BCUT2D eigenvalue weighted by molar-refractivity contribution is 5.37. The molecule has 0 heterocycles. The van der Waals surface area contributed by atoms with Gasteiger partial charge in [0.15, 0.2) is 5.41 Å². The molecule has 0 bridgehead atoms. The van der Waals surface area contributed by atoms with Gasteiger partial charge in [-0.25, -0.2) is 0 Å². The Kier molecular flexibility index (Phi) is 3.87. The SMILES string of the molecule is CC1C=C(CC(C#N)(C#N)C2=CCCC2)CCC1. The molecule has 1 atom stereocenters. The van der Waals surface area contributed by atoms with Crippen LogP contribution in [0.5, 0.6) is 0 Å². The molecule has 0 aromatic heterocycles. The lowest BCUT2D eigenvalue weighted by Crippen LogP contribution is -2.20. The first-order valence-corrected chi connectivity index (χ1v) is 6.92. The Morgan fingerprint density at radius 2 is 2.06 bits per heavy atom. The Morgan fingerprint density at radius 1 is 1.28 bits per heavy atom. The maximum absolute atomic E-state index is 9.49. The number of nitriles is 2. The molecule has 0 aromatic rings. The highest BCUT2D eigenvalue weighted by Crippen LogP contribution is 2.41. The molecule has 0 aliphatic heterocycles. The molecule has 1 unspecified atom stereocenters. The van der Waals surface area contributed by atoms with E-state index < -0.39 is 5.41 Å². The van der Waals surface area contributed by atoms with Crippen LogP contribution in [0.1, 0.15) is 51.9 Å². The smallest absolute Gasteiger partial charge is 0.168 e. The summed E-state index contributed by atoms with van der Waals surface area (Å²) in [5.74, 6) is 0.599. The van der Waals surface area contributed by atoms with Gasteiger partial charge in [0.05, 0.1) is 12.1 Å². The fraction of sp³-hybridized carbons (Fsp3) is 0.625. The van der Waals surface area contributed by atoms with Gasteiger partial charge in [0.2, 0.25) is 0 Å². The van der Waals surface area contributed by atoms with E-state index in [9.17, 15) is 10.5 Å². The van der Waals surface area contributed by atoms with Crippen LogP contribution in [0, 0.1) is 34.0 Å². The predicted octanol–water partition coefficient (Wildman–Crippen LogP) is 4.27. The minimum Gasteiger partial charge on any atom is -0.196 e. The second-order valence-electron chi connectivity index (χ2n) is 5.62. The third-order valence-electron chi connectivity index (χ3n) is 4.14. The van der Waals surface area contributed by atoms with Crippen LogP contribution in [0.3, 0.4) is 0 Å². The zero-order chi connectivity index (χ0) is 13.0. The van der Waals surface area contributed by atoms with Gasteiger partial charge in [-0.1, -0.05) is 24.6 Å². The molecule has 0 saturated heterocycles. The van der Waals surface area contributed by atoms with Gasteiger partial charge in [-0.2, -0.15) is 10.5 Å². The van der Waals surface area contributed by atoms with Crippen LogP contribution in [0.2, 0.25) is 0 Å². The van der Waals surface area contributed by atoms with Gasteiger partial charge in [0.25, 0.3) is 0 Å². The summed E-state index contributed by atoms with van der Waals surface area (Å²) in [6, 6.07) is 4.60. The Bertz CT molecular complexity index is 442. The van der Waals surface area contributed by atoms with Crippen molar-refractivity contribution >= 4 is 0 Å². The van der Waals surface area contributed by atoms with Crippen LogP contribution >= 0.6 is 0 Å². The third kappa shape index (κ3) is 2.49.